The van der Waals surface area contributed by atoms with Crippen molar-refractivity contribution in [3.05, 3.63) is 192 Å². The minimum atomic E-state index is -5.17. The molecule has 3 nitrogen and oxygen atoms in total. The second kappa shape index (κ2) is 14.0. The van der Waals surface area contributed by atoms with Crippen LogP contribution in [0.2, 0.25) is 0 Å². The first-order valence-electron chi connectivity index (χ1n) is 19.5. The van der Waals surface area contributed by atoms with Crippen molar-refractivity contribution < 1.29 is 26.3 Å². The fourth-order valence-corrected chi connectivity index (χ4v) is 8.81. The molecule has 0 saturated carbocycles. The molecule has 9 heteroatoms. The minimum Gasteiger partial charge on any atom is -0.308 e. The molecule has 0 aliphatic rings. The Balaban J connectivity index is 1.35. The fourth-order valence-electron chi connectivity index (χ4n) is 8.81. The lowest BCUT2D eigenvalue weighted by Gasteiger charge is -2.24. The zero-order valence-corrected chi connectivity index (χ0v) is 32.3. The summed E-state index contributed by atoms with van der Waals surface area (Å²) in [6, 6.07) is 51.3. The van der Waals surface area contributed by atoms with E-state index in [0.29, 0.717) is 50.7 Å². The summed E-state index contributed by atoms with van der Waals surface area (Å²) in [6.07, 6.45) is -10.3. The Morgan fingerprint density at radius 2 is 0.918 bits per heavy atom. The number of para-hydroxylation sites is 2. The van der Waals surface area contributed by atoms with Gasteiger partial charge in [0.25, 0.3) is 0 Å². The zero-order chi connectivity index (χ0) is 42.2. The van der Waals surface area contributed by atoms with Gasteiger partial charge in [0, 0.05) is 32.7 Å². The molecule has 10 rings (SSSR count). The van der Waals surface area contributed by atoms with E-state index in [0.717, 1.165) is 44.7 Å². The van der Waals surface area contributed by atoms with Crippen molar-refractivity contribution in [3.8, 4) is 50.8 Å². The number of fused-ring (bicyclic) bond motifs is 6. The van der Waals surface area contributed by atoms with E-state index in [1.54, 1.807) is 16.7 Å². The smallest absolute Gasteiger partial charge is 0.308 e. The highest BCUT2D eigenvalue weighted by Crippen LogP contribution is 2.49. The number of halogens is 6. The van der Waals surface area contributed by atoms with Gasteiger partial charge in [-0.05, 0) is 83.8 Å². The molecule has 0 N–H and O–H groups in total. The molecule has 0 spiro atoms. The Labute approximate surface area is 345 Å². The molecular weight excluding hydrogens is 781 g/mol. The Kier molecular flexibility index (Phi) is 8.67. The highest BCUT2D eigenvalue weighted by atomic mass is 19.4. The molecule has 0 unspecified atom stereocenters. The zero-order valence-electron chi connectivity index (χ0n) is 32.3. The predicted octanol–water partition coefficient (Wildman–Crippen LogP) is 15.1. The summed E-state index contributed by atoms with van der Waals surface area (Å²) in [7, 11) is 0. The van der Waals surface area contributed by atoms with Crippen molar-refractivity contribution in [1.29, 1.82) is 5.26 Å². The molecule has 0 aliphatic heterocycles. The highest BCUT2D eigenvalue weighted by Gasteiger charge is 2.42. The second-order valence-electron chi connectivity index (χ2n) is 15.1. The van der Waals surface area contributed by atoms with Crippen LogP contribution in [0, 0.1) is 18.3 Å². The number of aromatic nitrogens is 2. The summed E-state index contributed by atoms with van der Waals surface area (Å²) in [5, 5.41) is 14.5. The van der Waals surface area contributed by atoms with E-state index >= 15 is 26.3 Å². The van der Waals surface area contributed by atoms with Crippen LogP contribution in [0.25, 0.3) is 88.4 Å². The monoisotopic (exact) mass is 811 g/mol. The number of aryl methyl sites for hydroxylation is 1. The summed E-state index contributed by atoms with van der Waals surface area (Å²) in [4.78, 5) is 0. The number of hydrogen-bond donors (Lipinski definition) is 0. The maximum absolute atomic E-state index is 15.1. The molecule has 61 heavy (non-hydrogen) atoms. The molecule has 2 heterocycles. The molecule has 0 atom stereocenters. The summed E-state index contributed by atoms with van der Waals surface area (Å²) < 4.78 is 93.8. The van der Waals surface area contributed by atoms with Crippen LogP contribution in [-0.2, 0) is 12.4 Å². The van der Waals surface area contributed by atoms with Crippen LogP contribution in [-0.4, -0.2) is 9.13 Å². The van der Waals surface area contributed by atoms with E-state index in [2.05, 4.69) is 12.1 Å². The molecule has 8 aromatic carbocycles. The van der Waals surface area contributed by atoms with E-state index in [9.17, 15) is 5.26 Å². The normalized spacial score (nSPS) is 12.2. The van der Waals surface area contributed by atoms with Crippen LogP contribution in [0.15, 0.2) is 170 Å². The summed E-state index contributed by atoms with van der Waals surface area (Å²) >= 11 is 0. The lowest BCUT2D eigenvalue weighted by atomic mass is 9.90. The van der Waals surface area contributed by atoms with E-state index in [-0.39, 0.29) is 11.3 Å². The number of nitriles is 1. The number of alkyl halides is 6. The lowest BCUT2D eigenvalue weighted by molar-refractivity contribution is -0.142. The highest BCUT2D eigenvalue weighted by molar-refractivity contribution is 6.13. The van der Waals surface area contributed by atoms with E-state index in [1.807, 2.05) is 133 Å². The van der Waals surface area contributed by atoms with Gasteiger partial charge in [0.05, 0.1) is 44.6 Å². The van der Waals surface area contributed by atoms with Gasteiger partial charge < -0.3 is 9.13 Å². The number of benzene rings is 8. The van der Waals surface area contributed by atoms with E-state index in [4.69, 9.17) is 0 Å². The van der Waals surface area contributed by atoms with E-state index in [1.165, 1.54) is 12.1 Å². The van der Waals surface area contributed by atoms with Gasteiger partial charge in [0.2, 0.25) is 0 Å². The molecule has 10 aromatic rings. The minimum absolute atomic E-state index is 0.108. The largest absolute Gasteiger partial charge is 0.417 e. The van der Waals surface area contributed by atoms with Crippen molar-refractivity contribution in [2.24, 2.45) is 0 Å². The quantitative estimate of drug-likeness (QED) is 0.159. The maximum Gasteiger partial charge on any atom is 0.417 e. The van der Waals surface area contributed by atoms with Crippen molar-refractivity contribution in [2.75, 3.05) is 0 Å². The molecule has 296 valence electrons. The molecule has 0 radical (unpaired) electrons. The Bertz CT molecular complexity index is 3370. The SMILES string of the molecule is Cc1ccc(-c2ccc3c(c2)c2ccccc2n3-c2ccc(-c3c(C(F)(F)F)cccc3C(F)(F)F)c(-n3c4ccccc4c4cc(-c5ccccc5)ccc43)c2C#N)cc1. The first-order valence-corrected chi connectivity index (χ1v) is 19.5. The van der Waals surface area contributed by atoms with E-state index < -0.39 is 34.6 Å². The average molecular weight is 812 g/mol. The standard InChI is InChI=1S/C52H31F6N3/c1-31-18-20-33(21-19-31)35-22-25-46-39(29-35)36-12-5-7-16-44(36)60(46)48-27-24-38(49-42(51(53,54)55)14-9-15-43(49)52(56,57)58)50(41(48)30-59)61-45-17-8-6-13-37(45)40-28-34(23-26-47(40)61)32-10-3-2-4-11-32/h2-29H,1H3. The first-order chi connectivity index (χ1) is 29.4. The molecule has 0 bridgehead atoms. The van der Waals surface area contributed by atoms with Gasteiger partial charge in [-0.3, -0.25) is 0 Å². The Morgan fingerprint density at radius 1 is 0.443 bits per heavy atom. The van der Waals surface area contributed by atoms with Gasteiger partial charge >= 0.3 is 12.4 Å². The van der Waals surface area contributed by atoms with Gasteiger partial charge in [-0.25, -0.2) is 0 Å². The van der Waals surface area contributed by atoms with Gasteiger partial charge in [0.1, 0.15) is 11.6 Å². The third-order valence-corrected chi connectivity index (χ3v) is 11.5. The van der Waals surface area contributed by atoms with Crippen LogP contribution < -0.4 is 0 Å². The molecule has 0 saturated heterocycles. The molecule has 0 aliphatic carbocycles. The number of rotatable bonds is 5. The number of nitrogens with zero attached hydrogens (tertiary/aromatic N) is 3. The van der Waals surface area contributed by atoms with Gasteiger partial charge in [-0.2, -0.15) is 31.6 Å². The molecular formula is C52H31F6N3. The third-order valence-electron chi connectivity index (χ3n) is 11.5. The molecule has 2 aromatic heterocycles. The van der Waals surface area contributed by atoms with Gasteiger partial charge in [-0.1, -0.05) is 121 Å². The number of hydrogen-bond acceptors (Lipinski definition) is 1. The van der Waals surface area contributed by atoms with Gasteiger partial charge in [0.15, 0.2) is 0 Å². The van der Waals surface area contributed by atoms with Crippen LogP contribution >= 0.6 is 0 Å². The Hall–Kier alpha value is -7.57. The summed E-state index contributed by atoms with van der Waals surface area (Å²) in [6.45, 7) is 2.01. The third kappa shape index (κ3) is 6.13. The van der Waals surface area contributed by atoms with Gasteiger partial charge in [-0.15, -0.1) is 0 Å². The maximum atomic E-state index is 15.1. The van der Waals surface area contributed by atoms with Crippen LogP contribution in [0.1, 0.15) is 22.3 Å². The fraction of sp³-hybridized carbons (Fsp3) is 0.0577. The van der Waals surface area contributed by atoms with Crippen molar-refractivity contribution >= 4 is 43.6 Å². The first kappa shape index (κ1) is 37.7. The van der Waals surface area contributed by atoms with Crippen molar-refractivity contribution in [1.82, 2.24) is 9.13 Å². The topological polar surface area (TPSA) is 33.6 Å². The van der Waals surface area contributed by atoms with Crippen LogP contribution in [0.3, 0.4) is 0 Å². The molecule has 0 fully saturated rings. The average Bonchev–Trinajstić information content (AvgIpc) is 3.77. The van der Waals surface area contributed by atoms with Crippen molar-refractivity contribution in [3.63, 3.8) is 0 Å². The molecule has 0 amide bonds. The summed E-state index contributed by atoms with van der Waals surface area (Å²) in [5.41, 5.74) is 2.96. The Morgan fingerprint density at radius 3 is 1.48 bits per heavy atom. The second-order valence-corrected chi connectivity index (χ2v) is 15.1. The lowest BCUT2D eigenvalue weighted by Crippen LogP contribution is -2.16. The van der Waals surface area contributed by atoms with Crippen LogP contribution in [0.4, 0.5) is 26.3 Å². The summed E-state index contributed by atoms with van der Waals surface area (Å²) in [5.74, 6) is 0. The predicted molar refractivity (Wildman–Crippen MR) is 231 cm³/mol. The van der Waals surface area contributed by atoms with Crippen LogP contribution in [0.5, 0.6) is 0 Å². The van der Waals surface area contributed by atoms with Crippen molar-refractivity contribution in [2.45, 2.75) is 19.3 Å².